The summed E-state index contributed by atoms with van der Waals surface area (Å²) < 4.78 is 42.0. The van der Waals surface area contributed by atoms with Crippen LogP contribution in [0.25, 0.3) is 5.70 Å². The lowest BCUT2D eigenvalue weighted by Gasteiger charge is -2.20. The second-order valence-corrected chi connectivity index (χ2v) is 7.00. The first-order chi connectivity index (χ1) is 13.6. The molecular weight excluding hydrogens is 396 g/mol. The van der Waals surface area contributed by atoms with Gasteiger partial charge in [-0.25, -0.2) is 28.2 Å². The van der Waals surface area contributed by atoms with Gasteiger partial charge in [0.2, 0.25) is 5.90 Å². The molecule has 0 fully saturated rings. The van der Waals surface area contributed by atoms with Crippen LogP contribution in [-0.4, -0.2) is 30.8 Å². The third-order valence-electron chi connectivity index (χ3n) is 3.74. The van der Waals surface area contributed by atoms with Gasteiger partial charge in [0.15, 0.2) is 6.21 Å². The standard InChI is InChI=1S/C21H21N2O.ClHO4/c1-16-19(14-15-23(2)3)24-21(18-12-8-5-9-13-18)22-20(16)17-10-6-4-7-11-17;2-1(3,4)5/h4-15H,1-3H3;(H,2,3,4,5)/q+1;/p-1. The molecule has 2 aromatic carbocycles. The van der Waals surface area contributed by atoms with Gasteiger partial charge in [-0.3, -0.25) is 0 Å². The Morgan fingerprint density at radius 3 is 1.83 bits per heavy atom. The molecule has 0 aliphatic carbocycles. The fourth-order valence-corrected chi connectivity index (χ4v) is 2.46. The molecule has 0 atom stereocenters. The highest BCUT2D eigenvalue weighted by molar-refractivity contribution is 6.01. The first-order valence-electron chi connectivity index (χ1n) is 8.57. The fraction of sp³-hybridized carbons (Fsp3) is 0.143. The van der Waals surface area contributed by atoms with E-state index in [1.54, 1.807) is 0 Å². The van der Waals surface area contributed by atoms with E-state index in [0.717, 1.165) is 28.2 Å². The summed E-state index contributed by atoms with van der Waals surface area (Å²) in [6, 6.07) is 20.2. The van der Waals surface area contributed by atoms with Crippen molar-refractivity contribution in [1.29, 1.82) is 0 Å². The molecule has 7 nitrogen and oxygen atoms in total. The van der Waals surface area contributed by atoms with Crippen LogP contribution in [0.2, 0.25) is 0 Å². The second-order valence-electron chi connectivity index (χ2n) is 6.25. The summed E-state index contributed by atoms with van der Waals surface area (Å²) in [7, 11) is -0.966. The molecule has 0 bridgehead atoms. The Balaban J connectivity index is 0.000000537. The van der Waals surface area contributed by atoms with Crippen molar-refractivity contribution < 1.29 is 38.2 Å². The third kappa shape index (κ3) is 7.61. The maximum atomic E-state index is 8.49. The molecule has 0 unspecified atom stereocenters. The minimum Gasteiger partial charge on any atom is -0.438 e. The summed E-state index contributed by atoms with van der Waals surface area (Å²) in [5, 5.41) is 0. The molecule has 8 heteroatoms. The van der Waals surface area contributed by atoms with Gasteiger partial charge < -0.3 is 4.74 Å². The molecule has 29 heavy (non-hydrogen) atoms. The summed E-state index contributed by atoms with van der Waals surface area (Å²) in [6.45, 7) is 2.04. The number of ether oxygens (including phenoxy) is 1. The SMILES string of the molecule is CC1=C(c2ccccc2)N=C(c2ccccc2)OC1=CC=[N+](C)C.[O-][Cl+3]([O-])([O-])[O-]. The fourth-order valence-electron chi connectivity index (χ4n) is 2.46. The predicted octanol–water partition coefficient (Wildman–Crippen LogP) is -0.635. The molecule has 0 spiro atoms. The Hall–Kier alpha value is -2.81. The summed E-state index contributed by atoms with van der Waals surface area (Å²) in [4.78, 5) is 4.79. The molecule has 0 saturated heterocycles. The van der Waals surface area contributed by atoms with Gasteiger partial charge in [0.05, 0.1) is 5.70 Å². The van der Waals surface area contributed by atoms with E-state index >= 15 is 0 Å². The molecular formula is C21H21ClN2O5. The molecule has 0 amide bonds. The van der Waals surface area contributed by atoms with E-state index in [4.69, 9.17) is 28.4 Å². The zero-order chi connectivity index (χ0) is 21.4. The van der Waals surface area contributed by atoms with Gasteiger partial charge in [-0.15, -0.1) is 10.2 Å². The molecule has 0 aromatic heterocycles. The van der Waals surface area contributed by atoms with E-state index < -0.39 is 10.2 Å². The highest BCUT2D eigenvalue weighted by Crippen LogP contribution is 2.31. The minimum absolute atomic E-state index is 0.624. The van der Waals surface area contributed by atoms with Crippen molar-refractivity contribution in [3.8, 4) is 0 Å². The van der Waals surface area contributed by atoms with Gasteiger partial charge in [-0.2, -0.15) is 0 Å². The zero-order valence-electron chi connectivity index (χ0n) is 16.2. The van der Waals surface area contributed by atoms with E-state index in [2.05, 4.69) is 12.1 Å². The average Bonchev–Trinajstić information content (AvgIpc) is 2.67. The number of halogens is 1. The number of allylic oxidation sites excluding steroid dienone is 2. The van der Waals surface area contributed by atoms with Crippen molar-refractivity contribution in [2.24, 2.45) is 4.99 Å². The van der Waals surface area contributed by atoms with E-state index in [-0.39, 0.29) is 0 Å². The summed E-state index contributed by atoms with van der Waals surface area (Å²) in [5.41, 5.74) is 4.02. The van der Waals surface area contributed by atoms with Crippen LogP contribution in [0.1, 0.15) is 18.1 Å². The van der Waals surface area contributed by atoms with E-state index in [0.29, 0.717) is 5.90 Å². The number of hydrogen-bond acceptors (Lipinski definition) is 6. The van der Waals surface area contributed by atoms with Gasteiger partial charge in [0, 0.05) is 22.8 Å². The quantitative estimate of drug-likeness (QED) is 0.487. The Morgan fingerprint density at radius 1 is 0.862 bits per heavy atom. The Bertz CT molecular complexity index is 936. The third-order valence-corrected chi connectivity index (χ3v) is 3.74. The van der Waals surface area contributed by atoms with Crippen molar-refractivity contribution in [2.45, 2.75) is 6.92 Å². The van der Waals surface area contributed by atoms with Gasteiger partial charge in [0.25, 0.3) is 0 Å². The molecule has 1 aliphatic heterocycles. The van der Waals surface area contributed by atoms with Crippen LogP contribution in [0.4, 0.5) is 0 Å². The normalized spacial score (nSPS) is 15.1. The van der Waals surface area contributed by atoms with Gasteiger partial charge >= 0.3 is 0 Å². The lowest BCUT2D eigenvalue weighted by molar-refractivity contribution is -2.00. The Labute approximate surface area is 171 Å². The zero-order valence-corrected chi connectivity index (χ0v) is 17.0. The average molecular weight is 417 g/mol. The van der Waals surface area contributed by atoms with E-state index in [1.165, 1.54) is 0 Å². The topological polar surface area (TPSA) is 117 Å². The molecule has 0 radical (unpaired) electrons. The Kier molecular flexibility index (Phi) is 7.83. The molecule has 0 N–H and O–H groups in total. The lowest BCUT2D eigenvalue weighted by Crippen LogP contribution is -2.68. The summed E-state index contributed by atoms with van der Waals surface area (Å²) >= 11 is 0. The van der Waals surface area contributed by atoms with Crippen LogP contribution >= 0.6 is 0 Å². The predicted molar refractivity (Wildman–Crippen MR) is 99.4 cm³/mol. The van der Waals surface area contributed by atoms with Crippen LogP contribution in [0.15, 0.2) is 83.1 Å². The van der Waals surface area contributed by atoms with Crippen molar-refractivity contribution >= 4 is 17.8 Å². The molecule has 1 heterocycles. The largest absolute Gasteiger partial charge is 0.438 e. The monoisotopic (exact) mass is 416 g/mol. The number of nitrogens with zero attached hydrogens (tertiary/aromatic N) is 2. The van der Waals surface area contributed by atoms with E-state index in [1.807, 2.05) is 86.4 Å². The van der Waals surface area contributed by atoms with Crippen LogP contribution in [0.3, 0.4) is 0 Å². The summed E-state index contributed by atoms with van der Waals surface area (Å²) in [5.74, 6) is 1.44. The number of benzene rings is 2. The number of aliphatic imine (C=N–C) groups is 1. The second kappa shape index (κ2) is 10.1. The van der Waals surface area contributed by atoms with Crippen molar-refractivity contribution in [1.82, 2.24) is 0 Å². The number of hydrogen-bond donors (Lipinski definition) is 0. The first-order valence-corrected chi connectivity index (χ1v) is 9.80. The molecule has 3 rings (SSSR count). The molecule has 1 aliphatic rings. The van der Waals surface area contributed by atoms with E-state index in [9.17, 15) is 0 Å². The maximum Gasteiger partial charge on any atom is 0.227 e. The van der Waals surface area contributed by atoms with Crippen LogP contribution < -0.4 is 18.6 Å². The number of rotatable bonds is 3. The Morgan fingerprint density at radius 2 is 1.34 bits per heavy atom. The van der Waals surface area contributed by atoms with Crippen LogP contribution in [0.5, 0.6) is 0 Å². The lowest BCUT2D eigenvalue weighted by atomic mass is 10.0. The first kappa shape index (κ1) is 22.5. The van der Waals surface area contributed by atoms with Gasteiger partial charge in [-0.1, -0.05) is 48.5 Å². The minimum atomic E-state index is -4.94. The van der Waals surface area contributed by atoms with Crippen LogP contribution in [0, 0.1) is 10.2 Å². The smallest absolute Gasteiger partial charge is 0.227 e. The van der Waals surface area contributed by atoms with Crippen molar-refractivity contribution in [2.75, 3.05) is 14.1 Å². The van der Waals surface area contributed by atoms with Crippen molar-refractivity contribution in [3.63, 3.8) is 0 Å². The van der Waals surface area contributed by atoms with Gasteiger partial charge in [0.1, 0.15) is 19.9 Å². The molecule has 152 valence electrons. The molecule has 2 aromatic rings. The molecule has 0 saturated carbocycles. The highest BCUT2D eigenvalue weighted by Gasteiger charge is 2.20. The van der Waals surface area contributed by atoms with Gasteiger partial charge in [-0.05, 0) is 19.1 Å². The van der Waals surface area contributed by atoms with Crippen molar-refractivity contribution in [3.05, 3.63) is 89.2 Å². The highest BCUT2D eigenvalue weighted by atomic mass is 35.7. The summed E-state index contributed by atoms with van der Waals surface area (Å²) in [6.07, 6.45) is 3.96. The van der Waals surface area contributed by atoms with Crippen LogP contribution in [-0.2, 0) is 4.74 Å². The maximum absolute atomic E-state index is 8.49.